The number of aromatic nitrogens is 3. The number of nitrogens with zero attached hydrogens (tertiary/aromatic N) is 3. The van der Waals surface area contributed by atoms with Crippen LogP contribution in [0.3, 0.4) is 0 Å². The molecule has 4 aromatic rings. The van der Waals surface area contributed by atoms with Crippen molar-refractivity contribution in [2.24, 2.45) is 0 Å². The van der Waals surface area contributed by atoms with Gasteiger partial charge < -0.3 is 19.6 Å². The molecule has 3 heterocycles. The highest BCUT2D eigenvalue weighted by Crippen LogP contribution is 2.33. The van der Waals surface area contributed by atoms with Crippen molar-refractivity contribution in [3.8, 4) is 11.1 Å². The van der Waals surface area contributed by atoms with Crippen molar-refractivity contribution in [3.63, 3.8) is 0 Å². The molecule has 0 amide bonds. The first-order valence-corrected chi connectivity index (χ1v) is 8.98. The fraction of sp³-hybridized carbons (Fsp3) is 0.238. The second-order valence-electron chi connectivity index (χ2n) is 7.07. The Hall–Kier alpha value is -3.12. The quantitative estimate of drug-likeness (QED) is 0.439. The van der Waals surface area contributed by atoms with Gasteiger partial charge in [0, 0.05) is 12.1 Å². The van der Waals surface area contributed by atoms with E-state index < -0.39 is 0 Å². The molecule has 2 N–H and O–H groups in total. The lowest BCUT2D eigenvalue weighted by atomic mass is 10.0. The maximum absolute atomic E-state index is 6.29. The summed E-state index contributed by atoms with van der Waals surface area (Å²) in [4.78, 5) is 4.52. The summed E-state index contributed by atoms with van der Waals surface area (Å²) in [6, 6.07) is 12.6. The Morgan fingerprint density at radius 2 is 1.96 bits per heavy atom. The number of nitrogens with two attached hydrogens (primary N) is 1. The monoisotopic (exact) mass is 360 g/mol. The zero-order valence-corrected chi connectivity index (χ0v) is 15.3. The van der Waals surface area contributed by atoms with E-state index in [9.17, 15) is 0 Å². The average molecular weight is 360 g/mol. The third-order valence-electron chi connectivity index (χ3n) is 5.11. The predicted molar refractivity (Wildman–Crippen MR) is 103 cm³/mol. The molecule has 5 rings (SSSR count). The van der Waals surface area contributed by atoms with E-state index in [0.717, 1.165) is 46.8 Å². The van der Waals surface area contributed by atoms with Gasteiger partial charge in [-0.1, -0.05) is 29.4 Å². The summed E-state index contributed by atoms with van der Waals surface area (Å²) in [6.45, 7) is 5.41. The second-order valence-corrected chi connectivity index (χ2v) is 7.07. The Labute approximate surface area is 156 Å². The van der Waals surface area contributed by atoms with Gasteiger partial charge in [0.05, 0.1) is 29.8 Å². The number of fused-ring (bicyclic) bond motifs is 1. The van der Waals surface area contributed by atoms with E-state index in [1.807, 2.05) is 26.2 Å². The van der Waals surface area contributed by atoms with Gasteiger partial charge in [-0.3, -0.25) is 0 Å². The molecule has 0 aliphatic carbocycles. The van der Waals surface area contributed by atoms with Gasteiger partial charge in [-0.2, -0.15) is 0 Å². The van der Waals surface area contributed by atoms with Crippen LogP contribution in [0, 0.1) is 13.8 Å². The molecule has 6 heteroatoms. The highest BCUT2D eigenvalue weighted by atomic mass is 16.6. The topological polar surface area (TPSA) is 82.4 Å². The molecule has 2 aromatic carbocycles. The lowest BCUT2D eigenvalue weighted by molar-refractivity contribution is 0.393. The van der Waals surface area contributed by atoms with Crippen molar-refractivity contribution in [3.05, 3.63) is 65.3 Å². The van der Waals surface area contributed by atoms with Gasteiger partial charge in [-0.15, -0.1) is 0 Å². The van der Waals surface area contributed by atoms with Gasteiger partial charge >= 0.3 is 0 Å². The first-order chi connectivity index (χ1) is 13.1. The summed E-state index contributed by atoms with van der Waals surface area (Å²) in [5.74, 6) is 0.787. The number of epoxide rings is 1. The molecule has 1 aliphatic rings. The number of hydrogen-bond donors (Lipinski definition) is 1. The zero-order chi connectivity index (χ0) is 18.5. The molecule has 6 nitrogen and oxygen atoms in total. The number of nitrogen functional groups attached to an aromatic ring is 1. The third kappa shape index (κ3) is 2.78. The van der Waals surface area contributed by atoms with Gasteiger partial charge in [-0.25, -0.2) is 4.98 Å². The first kappa shape index (κ1) is 16.1. The molecule has 27 heavy (non-hydrogen) atoms. The maximum Gasteiger partial charge on any atom is 0.141 e. The number of benzene rings is 2. The molecule has 1 atom stereocenters. The Kier molecular flexibility index (Phi) is 3.55. The fourth-order valence-corrected chi connectivity index (χ4v) is 3.63. The fourth-order valence-electron chi connectivity index (χ4n) is 3.63. The Balaban J connectivity index is 1.54. The molecule has 0 bridgehead atoms. The number of rotatable bonds is 4. The van der Waals surface area contributed by atoms with E-state index in [2.05, 4.69) is 45.0 Å². The predicted octanol–water partition coefficient (Wildman–Crippen LogP) is 4.01. The van der Waals surface area contributed by atoms with Crippen LogP contribution in [0.2, 0.25) is 0 Å². The standard InChI is InChI=1S/C21H20N4O2/c1-12-20(13(2)27-24-12)16-7-17(22)21-18(8-16)25(11-23-21)9-14-3-5-15(6-4-14)19-10-26-19/h3-8,11,19H,9-10,22H2,1-2H3. The summed E-state index contributed by atoms with van der Waals surface area (Å²) in [5.41, 5.74) is 14.0. The number of hydrogen-bond acceptors (Lipinski definition) is 5. The summed E-state index contributed by atoms with van der Waals surface area (Å²) >= 11 is 0. The number of anilines is 1. The molecule has 1 aliphatic heterocycles. The van der Waals surface area contributed by atoms with Crippen LogP contribution >= 0.6 is 0 Å². The average Bonchev–Trinajstić information content (AvgIpc) is 3.35. The van der Waals surface area contributed by atoms with Gasteiger partial charge in [-0.05, 0) is 42.7 Å². The van der Waals surface area contributed by atoms with Crippen molar-refractivity contribution < 1.29 is 9.26 Å². The molecule has 0 spiro atoms. The molecule has 136 valence electrons. The van der Waals surface area contributed by atoms with Crippen LogP contribution in [0.1, 0.15) is 28.7 Å². The Morgan fingerprint density at radius 1 is 1.19 bits per heavy atom. The van der Waals surface area contributed by atoms with Gasteiger partial charge in [0.15, 0.2) is 0 Å². The van der Waals surface area contributed by atoms with E-state index in [1.54, 1.807) is 0 Å². The SMILES string of the molecule is Cc1noc(C)c1-c1cc(N)c2ncn(Cc3ccc(C4CO4)cc3)c2c1. The highest BCUT2D eigenvalue weighted by molar-refractivity contribution is 5.92. The van der Waals surface area contributed by atoms with Crippen LogP contribution < -0.4 is 5.73 Å². The van der Waals surface area contributed by atoms with Gasteiger partial charge in [0.2, 0.25) is 0 Å². The normalized spacial score (nSPS) is 16.1. The van der Waals surface area contributed by atoms with Crippen LogP contribution in [0.5, 0.6) is 0 Å². The minimum atomic E-state index is 0.283. The smallest absolute Gasteiger partial charge is 0.141 e. The minimum Gasteiger partial charge on any atom is -0.397 e. The van der Waals surface area contributed by atoms with Gasteiger partial charge in [0.1, 0.15) is 17.4 Å². The molecular weight excluding hydrogens is 340 g/mol. The molecule has 0 saturated carbocycles. The van der Waals surface area contributed by atoms with E-state index in [-0.39, 0.29) is 6.10 Å². The zero-order valence-electron chi connectivity index (χ0n) is 15.3. The minimum absolute atomic E-state index is 0.283. The third-order valence-corrected chi connectivity index (χ3v) is 5.11. The number of imidazole rings is 1. The summed E-state index contributed by atoms with van der Waals surface area (Å²) in [5, 5.41) is 4.06. The maximum atomic E-state index is 6.29. The van der Waals surface area contributed by atoms with Gasteiger partial charge in [0.25, 0.3) is 0 Å². The second kappa shape index (κ2) is 5.96. The molecule has 1 saturated heterocycles. The Morgan fingerprint density at radius 3 is 2.63 bits per heavy atom. The first-order valence-electron chi connectivity index (χ1n) is 8.98. The summed E-state index contributed by atoms with van der Waals surface area (Å²) in [7, 11) is 0. The van der Waals surface area contributed by atoms with E-state index in [4.69, 9.17) is 15.0 Å². The van der Waals surface area contributed by atoms with Crippen molar-refractivity contribution >= 4 is 16.7 Å². The van der Waals surface area contributed by atoms with E-state index in [1.165, 1.54) is 11.1 Å². The largest absolute Gasteiger partial charge is 0.397 e. The van der Waals surface area contributed by atoms with Crippen molar-refractivity contribution in [1.29, 1.82) is 0 Å². The molecule has 2 aromatic heterocycles. The summed E-state index contributed by atoms with van der Waals surface area (Å²) in [6.07, 6.45) is 2.13. The van der Waals surface area contributed by atoms with Crippen molar-refractivity contribution in [1.82, 2.24) is 14.7 Å². The molecular formula is C21H20N4O2. The van der Waals surface area contributed by atoms with Crippen LogP contribution in [-0.4, -0.2) is 21.3 Å². The molecule has 1 unspecified atom stereocenters. The van der Waals surface area contributed by atoms with Crippen LogP contribution in [0.15, 0.2) is 47.2 Å². The molecule has 1 fully saturated rings. The van der Waals surface area contributed by atoms with E-state index in [0.29, 0.717) is 5.69 Å². The number of ether oxygens (including phenoxy) is 1. The summed E-state index contributed by atoms with van der Waals surface area (Å²) < 4.78 is 12.8. The lowest BCUT2D eigenvalue weighted by Gasteiger charge is -2.08. The Bertz CT molecular complexity index is 1120. The number of aryl methyl sites for hydroxylation is 2. The molecule has 0 radical (unpaired) electrons. The van der Waals surface area contributed by atoms with Crippen LogP contribution in [0.4, 0.5) is 5.69 Å². The van der Waals surface area contributed by atoms with Crippen LogP contribution in [0.25, 0.3) is 22.2 Å². The van der Waals surface area contributed by atoms with Crippen molar-refractivity contribution in [2.75, 3.05) is 12.3 Å². The lowest BCUT2D eigenvalue weighted by Crippen LogP contribution is -1.99. The highest BCUT2D eigenvalue weighted by Gasteiger charge is 2.24. The van der Waals surface area contributed by atoms with Crippen molar-refractivity contribution in [2.45, 2.75) is 26.5 Å². The van der Waals surface area contributed by atoms with E-state index >= 15 is 0 Å². The van der Waals surface area contributed by atoms with Crippen LogP contribution in [-0.2, 0) is 11.3 Å².